The topological polar surface area (TPSA) is 79.9 Å². The molecule has 7 nitrogen and oxygen atoms in total. The van der Waals surface area contributed by atoms with Gasteiger partial charge in [0.15, 0.2) is 0 Å². The fourth-order valence-electron chi connectivity index (χ4n) is 3.84. The predicted octanol–water partition coefficient (Wildman–Crippen LogP) is 2.10. The summed E-state index contributed by atoms with van der Waals surface area (Å²) in [5, 5.41) is 5.69. The van der Waals surface area contributed by atoms with Crippen LogP contribution < -0.4 is 15.4 Å². The highest BCUT2D eigenvalue weighted by molar-refractivity contribution is 6.01. The Balaban J connectivity index is 1.53. The molecule has 1 aromatic rings. The number of hydrogen-bond acceptors (Lipinski definition) is 4. The van der Waals surface area contributed by atoms with Gasteiger partial charge in [-0.3, -0.25) is 4.79 Å². The van der Waals surface area contributed by atoms with Crippen LogP contribution >= 0.6 is 0 Å². The molecule has 0 radical (unpaired) electrons. The first-order valence-electron chi connectivity index (χ1n) is 9.60. The average molecular weight is 371 g/mol. The molecule has 0 aliphatic carbocycles. The molecule has 27 heavy (non-hydrogen) atoms. The molecule has 0 saturated carbocycles. The van der Waals surface area contributed by atoms with E-state index in [0.29, 0.717) is 31.0 Å². The molecule has 3 amide bonds. The fraction of sp³-hybridized carbons (Fsp3) is 0.500. The summed E-state index contributed by atoms with van der Waals surface area (Å²) >= 11 is 0. The first kappa shape index (κ1) is 17.9. The van der Waals surface area contributed by atoms with Gasteiger partial charge in [0, 0.05) is 13.2 Å². The van der Waals surface area contributed by atoms with Crippen molar-refractivity contribution in [3.63, 3.8) is 0 Å². The fourth-order valence-corrected chi connectivity index (χ4v) is 3.84. The van der Waals surface area contributed by atoms with E-state index in [1.54, 1.807) is 4.90 Å². The Kier molecular flexibility index (Phi) is 5.03. The zero-order chi connectivity index (χ0) is 18.8. The Bertz CT molecular complexity index is 753. The number of nitrogens with one attached hydrogen (secondary N) is 2. The number of amides is 3. The van der Waals surface area contributed by atoms with E-state index < -0.39 is 6.04 Å². The van der Waals surface area contributed by atoms with Gasteiger partial charge in [-0.1, -0.05) is 19.1 Å². The number of hydrogen-bond donors (Lipinski definition) is 2. The maximum absolute atomic E-state index is 13.0. The molecule has 0 spiro atoms. The van der Waals surface area contributed by atoms with E-state index in [2.05, 4.69) is 17.6 Å². The molecule has 3 aliphatic heterocycles. The van der Waals surface area contributed by atoms with Gasteiger partial charge >= 0.3 is 6.03 Å². The second-order valence-corrected chi connectivity index (χ2v) is 7.16. The second-order valence-electron chi connectivity index (χ2n) is 7.16. The van der Waals surface area contributed by atoms with E-state index in [4.69, 9.17) is 9.47 Å². The Morgan fingerprint density at radius 1 is 1.26 bits per heavy atom. The standard InChI is InChI=1S/C20H25N3O4/c1-2-9-26-14-7-5-13(6-8-14)18-17-16(21-20(25)22-18)12-23(19(17)24)11-15-4-3-10-27-15/h5-8,15,18H,2-4,9-12H2,1H3,(H2,21,22,25). The van der Waals surface area contributed by atoms with Crippen LogP contribution in [0.25, 0.3) is 0 Å². The first-order chi connectivity index (χ1) is 13.2. The van der Waals surface area contributed by atoms with Gasteiger partial charge in [0.25, 0.3) is 5.91 Å². The summed E-state index contributed by atoms with van der Waals surface area (Å²) in [6, 6.07) is 6.84. The third kappa shape index (κ3) is 3.64. The Labute approximate surface area is 158 Å². The number of carbonyl (C=O) groups is 2. The molecule has 0 aromatic heterocycles. The molecular formula is C20H25N3O4. The molecule has 2 N–H and O–H groups in total. The summed E-state index contributed by atoms with van der Waals surface area (Å²) in [6.45, 7) is 4.47. The molecular weight excluding hydrogens is 346 g/mol. The maximum atomic E-state index is 13.0. The third-order valence-electron chi connectivity index (χ3n) is 5.15. The normalized spacial score (nSPS) is 24.7. The van der Waals surface area contributed by atoms with Crippen molar-refractivity contribution >= 4 is 11.9 Å². The number of rotatable bonds is 6. The van der Waals surface area contributed by atoms with Crippen LogP contribution in [-0.2, 0) is 9.53 Å². The average Bonchev–Trinajstić information content (AvgIpc) is 3.28. The van der Waals surface area contributed by atoms with Gasteiger partial charge < -0.3 is 25.0 Å². The monoisotopic (exact) mass is 371 g/mol. The zero-order valence-electron chi connectivity index (χ0n) is 15.5. The number of nitrogens with zero attached hydrogens (tertiary/aromatic N) is 1. The lowest BCUT2D eigenvalue weighted by atomic mass is 9.96. The van der Waals surface area contributed by atoms with Crippen molar-refractivity contribution in [2.24, 2.45) is 0 Å². The van der Waals surface area contributed by atoms with E-state index >= 15 is 0 Å². The van der Waals surface area contributed by atoms with Crippen LogP contribution in [0.2, 0.25) is 0 Å². The van der Waals surface area contributed by atoms with Gasteiger partial charge in [0.05, 0.1) is 36.6 Å². The number of ether oxygens (including phenoxy) is 2. The molecule has 3 aliphatic rings. The van der Waals surface area contributed by atoms with Crippen LogP contribution in [0.15, 0.2) is 35.5 Å². The van der Waals surface area contributed by atoms with E-state index in [0.717, 1.165) is 37.2 Å². The van der Waals surface area contributed by atoms with Crippen molar-refractivity contribution in [3.05, 3.63) is 41.1 Å². The number of carbonyl (C=O) groups excluding carboxylic acids is 2. The quantitative estimate of drug-likeness (QED) is 0.803. The van der Waals surface area contributed by atoms with Crippen LogP contribution in [0.5, 0.6) is 5.75 Å². The first-order valence-corrected chi connectivity index (χ1v) is 9.60. The van der Waals surface area contributed by atoms with Gasteiger partial charge in [0.2, 0.25) is 0 Å². The highest BCUT2D eigenvalue weighted by Gasteiger charge is 2.41. The third-order valence-corrected chi connectivity index (χ3v) is 5.15. The number of urea groups is 1. The highest BCUT2D eigenvalue weighted by atomic mass is 16.5. The van der Waals surface area contributed by atoms with E-state index in [-0.39, 0.29) is 18.0 Å². The van der Waals surface area contributed by atoms with Gasteiger partial charge in [0.1, 0.15) is 5.75 Å². The molecule has 144 valence electrons. The SMILES string of the molecule is CCCOc1ccc(C2NC(=O)NC3=C2C(=O)N(CC2CCCO2)C3)cc1. The van der Waals surface area contributed by atoms with Crippen molar-refractivity contribution < 1.29 is 19.1 Å². The predicted molar refractivity (Wildman–Crippen MR) is 99.2 cm³/mol. The summed E-state index contributed by atoms with van der Waals surface area (Å²) in [4.78, 5) is 26.9. The molecule has 2 atom stereocenters. The largest absolute Gasteiger partial charge is 0.494 e. The lowest BCUT2D eigenvalue weighted by Crippen LogP contribution is -2.44. The van der Waals surface area contributed by atoms with E-state index in [1.807, 2.05) is 24.3 Å². The molecule has 1 fully saturated rings. The molecule has 4 rings (SSSR count). The minimum absolute atomic E-state index is 0.0377. The van der Waals surface area contributed by atoms with Crippen molar-refractivity contribution in [3.8, 4) is 5.75 Å². The molecule has 3 heterocycles. The van der Waals surface area contributed by atoms with Gasteiger partial charge in [-0.15, -0.1) is 0 Å². The smallest absolute Gasteiger partial charge is 0.319 e. The van der Waals surface area contributed by atoms with Crippen molar-refractivity contribution in [2.45, 2.75) is 38.3 Å². The summed E-state index contributed by atoms with van der Waals surface area (Å²) in [5.74, 6) is 0.747. The Morgan fingerprint density at radius 3 is 2.78 bits per heavy atom. The second kappa shape index (κ2) is 7.60. The zero-order valence-corrected chi connectivity index (χ0v) is 15.5. The minimum Gasteiger partial charge on any atom is -0.494 e. The van der Waals surface area contributed by atoms with Gasteiger partial charge in [-0.2, -0.15) is 0 Å². The maximum Gasteiger partial charge on any atom is 0.319 e. The molecule has 1 saturated heterocycles. The van der Waals surface area contributed by atoms with Crippen molar-refractivity contribution in [2.75, 3.05) is 26.3 Å². The van der Waals surface area contributed by atoms with Crippen molar-refractivity contribution in [1.29, 1.82) is 0 Å². The lowest BCUT2D eigenvalue weighted by Gasteiger charge is -2.25. The molecule has 0 bridgehead atoms. The molecule has 7 heteroatoms. The lowest BCUT2D eigenvalue weighted by molar-refractivity contribution is -0.127. The van der Waals surface area contributed by atoms with Crippen LogP contribution in [0, 0.1) is 0 Å². The van der Waals surface area contributed by atoms with Crippen LogP contribution in [0.4, 0.5) is 4.79 Å². The van der Waals surface area contributed by atoms with Gasteiger partial charge in [-0.05, 0) is 37.0 Å². The highest BCUT2D eigenvalue weighted by Crippen LogP contribution is 2.33. The van der Waals surface area contributed by atoms with Crippen molar-refractivity contribution in [1.82, 2.24) is 15.5 Å². The summed E-state index contributed by atoms with van der Waals surface area (Å²) in [7, 11) is 0. The molecule has 1 aromatic carbocycles. The van der Waals surface area contributed by atoms with Crippen LogP contribution in [0.3, 0.4) is 0 Å². The van der Waals surface area contributed by atoms with E-state index in [9.17, 15) is 9.59 Å². The Morgan fingerprint density at radius 2 is 2.07 bits per heavy atom. The van der Waals surface area contributed by atoms with Crippen LogP contribution in [0.1, 0.15) is 37.8 Å². The van der Waals surface area contributed by atoms with Crippen LogP contribution in [-0.4, -0.2) is 49.2 Å². The Hall–Kier alpha value is -2.54. The minimum atomic E-state index is -0.448. The summed E-state index contributed by atoms with van der Waals surface area (Å²) < 4.78 is 11.3. The number of benzene rings is 1. The summed E-state index contributed by atoms with van der Waals surface area (Å²) in [5.41, 5.74) is 2.18. The summed E-state index contributed by atoms with van der Waals surface area (Å²) in [6.07, 6.45) is 3.04. The van der Waals surface area contributed by atoms with E-state index in [1.165, 1.54) is 0 Å². The van der Waals surface area contributed by atoms with Gasteiger partial charge in [-0.25, -0.2) is 4.79 Å². The molecule has 2 unspecified atom stereocenters.